The lowest BCUT2D eigenvalue weighted by atomic mass is 10.0. The standard InChI is InChI=1S/C37H47N5O9S/c1-8-24-19-37(24,35(45)41-52(7,47)48)40-33(43)30-17-26(20-42(30)34(44)32(21(2)3)39-36(46)50-22(4)5)51-31-18-28(23-12-10-9-11-13-23)38-29-16-25(49-6)14-15-27(29)31/h9-16,18,21-22,24,26,30,32H,8,17,19-20H2,1-7H3,(H,39,46)(H,40,43)(H,41,45). The van der Waals surface area contributed by atoms with Gasteiger partial charge in [0.05, 0.1) is 37.2 Å². The van der Waals surface area contributed by atoms with Crippen LogP contribution in [0, 0.1) is 11.8 Å². The Morgan fingerprint density at radius 3 is 2.35 bits per heavy atom. The van der Waals surface area contributed by atoms with Gasteiger partial charge >= 0.3 is 6.09 Å². The van der Waals surface area contributed by atoms with Gasteiger partial charge in [0.2, 0.25) is 21.8 Å². The topological polar surface area (TPSA) is 182 Å². The average molecular weight is 738 g/mol. The highest BCUT2D eigenvalue weighted by atomic mass is 32.2. The van der Waals surface area contributed by atoms with Crippen LogP contribution >= 0.6 is 0 Å². The Labute approximate surface area is 304 Å². The van der Waals surface area contributed by atoms with Crippen molar-refractivity contribution in [2.75, 3.05) is 19.9 Å². The normalized spacial score (nSPS) is 21.8. The van der Waals surface area contributed by atoms with Crippen LogP contribution in [0.25, 0.3) is 22.2 Å². The molecule has 1 aliphatic heterocycles. The van der Waals surface area contributed by atoms with Gasteiger partial charge < -0.3 is 29.7 Å². The number of likely N-dealkylation sites (tertiary alicyclic amines) is 1. The molecule has 2 aromatic carbocycles. The van der Waals surface area contributed by atoms with Crippen LogP contribution in [0.4, 0.5) is 4.79 Å². The number of nitrogens with zero attached hydrogens (tertiary/aromatic N) is 2. The molecule has 2 aliphatic rings. The molecular weight excluding hydrogens is 691 g/mol. The second-order valence-electron chi connectivity index (χ2n) is 14.0. The maximum Gasteiger partial charge on any atom is 0.408 e. The van der Waals surface area contributed by atoms with E-state index < -0.39 is 63.7 Å². The minimum absolute atomic E-state index is 0.0264. The van der Waals surface area contributed by atoms with E-state index in [2.05, 4.69) is 10.6 Å². The summed E-state index contributed by atoms with van der Waals surface area (Å²) in [5.74, 6) is -1.61. The van der Waals surface area contributed by atoms with Crippen LogP contribution in [0.2, 0.25) is 0 Å². The fraction of sp³-hybridized carbons (Fsp3) is 0.486. The number of fused-ring (bicyclic) bond motifs is 1. The van der Waals surface area contributed by atoms with Gasteiger partial charge in [-0.1, -0.05) is 57.5 Å². The minimum atomic E-state index is -3.91. The predicted molar refractivity (Wildman–Crippen MR) is 194 cm³/mol. The molecule has 5 unspecified atom stereocenters. The third kappa shape index (κ3) is 8.57. The van der Waals surface area contributed by atoms with E-state index in [1.807, 2.05) is 54.1 Å². The number of benzene rings is 2. The van der Waals surface area contributed by atoms with Gasteiger partial charge in [0.1, 0.15) is 35.2 Å². The van der Waals surface area contributed by atoms with Gasteiger partial charge in [-0.25, -0.2) is 18.2 Å². The van der Waals surface area contributed by atoms with Gasteiger partial charge in [-0.05, 0) is 44.2 Å². The van der Waals surface area contributed by atoms with Crippen LogP contribution in [-0.4, -0.2) is 91.9 Å². The zero-order chi connectivity index (χ0) is 38.0. The number of nitrogens with one attached hydrogen (secondary N) is 3. The second kappa shape index (κ2) is 15.4. The van der Waals surface area contributed by atoms with Crippen molar-refractivity contribution in [2.45, 2.75) is 83.7 Å². The number of carbonyl (C=O) groups excluding carboxylic acids is 4. The maximum absolute atomic E-state index is 14.3. The molecule has 14 nitrogen and oxygen atoms in total. The lowest BCUT2D eigenvalue weighted by molar-refractivity contribution is -0.141. The van der Waals surface area contributed by atoms with Crippen molar-refractivity contribution in [3.63, 3.8) is 0 Å². The summed E-state index contributed by atoms with van der Waals surface area (Å²) in [6.07, 6.45) is -0.244. The Balaban J connectivity index is 1.50. The summed E-state index contributed by atoms with van der Waals surface area (Å²) < 4.78 is 43.3. The number of aromatic nitrogens is 1. The largest absolute Gasteiger partial charge is 0.497 e. The number of methoxy groups -OCH3 is 1. The summed E-state index contributed by atoms with van der Waals surface area (Å²) in [4.78, 5) is 60.6. The van der Waals surface area contributed by atoms with Crippen molar-refractivity contribution in [2.24, 2.45) is 11.8 Å². The van der Waals surface area contributed by atoms with Gasteiger partial charge in [0.15, 0.2) is 0 Å². The molecule has 3 N–H and O–H groups in total. The quantitative estimate of drug-likeness (QED) is 0.234. The third-order valence-corrected chi connectivity index (χ3v) is 9.92. The molecule has 2 heterocycles. The number of hydrogen-bond acceptors (Lipinski definition) is 10. The lowest BCUT2D eigenvalue weighted by Crippen LogP contribution is -2.59. The van der Waals surface area contributed by atoms with Crippen molar-refractivity contribution < 1.29 is 41.8 Å². The zero-order valence-electron chi connectivity index (χ0n) is 30.5. The SMILES string of the molecule is CCC1CC1(NC(=O)C1CC(Oc2cc(-c3ccccc3)nc3cc(OC)ccc23)CN1C(=O)C(NC(=O)OC(C)C)C(C)C)C(=O)NS(C)(=O)=O. The highest BCUT2D eigenvalue weighted by Crippen LogP contribution is 2.46. The summed E-state index contributed by atoms with van der Waals surface area (Å²) in [6, 6.07) is 14.6. The summed E-state index contributed by atoms with van der Waals surface area (Å²) in [6.45, 7) is 8.72. The first-order chi connectivity index (χ1) is 24.5. The second-order valence-corrected chi connectivity index (χ2v) is 15.8. The number of hydrogen-bond donors (Lipinski definition) is 3. The first-order valence-electron chi connectivity index (χ1n) is 17.4. The van der Waals surface area contributed by atoms with Crippen LogP contribution in [0.5, 0.6) is 11.5 Å². The summed E-state index contributed by atoms with van der Waals surface area (Å²) in [5.41, 5.74) is 0.651. The minimum Gasteiger partial charge on any atom is -0.497 e. The monoisotopic (exact) mass is 737 g/mol. The van der Waals surface area contributed by atoms with E-state index in [0.717, 1.165) is 11.8 Å². The van der Waals surface area contributed by atoms with Gasteiger partial charge in [0, 0.05) is 29.5 Å². The molecule has 1 aromatic heterocycles. The van der Waals surface area contributed by atoms with E-state index in [1.165, 1.54) is 4.90 Å². The van der Waals surface area contributed by atoms with E-state index in [9.17, 15) is 27.6 Å². The molecule has 2 fully saturated rings. The molecule has 4 amide bonds. The molecule has 0 spiro atoms. The first-order valence-corrected chi connectivity index (χ1v) is 19.3. The molecule has 280 valence electrons. The molecule has 15 heteroatoms. The molecule has 0 bridgehead atoms. The number of sulfonamides is 1. The van der Waals surface area contributed by atoms with E-state index in [0.29, 0.717) is 34.5 Å². The van der Waals surface area contributed by atoms with Crippen LogP contribution in [0.1, 0.15) is 53.9 Å². The van der Waals surface area contributed by atoms with Crippen molar-refractivity contribution in [1.29, 1.82) is 0 Å². The number of amides is 4. The van der Waals surface area contributed by atoms with Crippen LogP contribution in [0.3, 0.4) is 0 Å². The number of alkyl carbamates (subject to hydrolysis) is 1. The lowest BCUT2D eigenvalue weighted by Gasteiger charge is -2.31. The maximum atomic E-state index is 14.3. The molecule has 1 saturated heterocycles. The molecule has 3 aromatic rings. The molecule has 5 rings (SSSR count). The number of pyridine rings is 1. The van der Waals surface area contributed by atoms with Crippen LogP contribution in [-0.2, 0) is 29.1 Å². The fourth-order valence-electron chi connectivity index (χ4n) is 6.65. The summed E-state index contributed by atoms with van der Waals surface area (Å²) >= 11 is 0. The Morgan fingerprint density at radius 1 is 1.04 bits per heavy atom. The fourth-order valence-corrected chi connectivity index (χ4v) is 7.17. The highest BCUT2D eigenvalue weighted by Gasteiger charge is 2.61. The van der Waals surface area contributed by atoms with Crippen molar-refractivity contribution in [3.8, 4) is 22.8 Å². The molecule has 5 atom stereocenters. The average Bonchev–Trinajstić information content (AvgIpc) is 3.64. The Morgan fingerprint density at radius 2 is 1.75 bits per heavy atom. The molecule has 1 saturated carbocycles. The first kappa shape index (κ1) is 38.3. The molecule has 52 heavy (non-hydrogen) atoms. The van der Waals surface area contributed by atoms with E-state index in [4.69, 9.17) is 19.2 Å². The van der Waals surface area contributed by atoms with Gasteiger partial charge in [-0.3, -0.25) is 19.1 Å². The van der Waals surface area contributed by atoms with Gasteiger partial charge in [-0.15, -0.1) is 0 Å². The van der Waals surface area contributed by atoms with E-state index >= 15 is 0 Å². The van der Waals surface area contributed by atoms with Crippen molar-refractivity contribution in [3.05, 3.63) is 54.6 Å². The number of carbonyl (C=O) groups is 4. The van der Waals surface area contributed by atoms with Crippen molar-refractivity contribution in [1.82, 2.24) is 25.2 Å². The molecule has 1 aliphatic carbocycles. The van der Waals surface area contributed by atoms with Crippen LogP contribution in [0.15, 0.2) is 54.6 Å². The van der Waals surface area contributed by atoms with Gasteiger partial charge in [-0.2, -0.15) is 0 Å². The molecular formula is C37H47N5O9S. The zero-order valence-corrected chi connectivity index (χ0v) is 31.3. The van der Waals surface area contributed by atoms with E-state index in [1.54, 1.807) is 46.9 Å². The third-order valence-electron chi connectivity index (χ3n) is 9.37. The Hall–Kier alpha value is -4.92. The number of ether oxygens (including phenoxy) is 3. The number of rotatable bonds is 13. The van der Waals surface area contributed by atoms with Gasteiger partial charge in [0.25, 0.3) is 5.91 Å². The Bertz CT molecular complexity index is 1940. The highest BCUT2D eigenvalue weighted by molar-refractivity contribution is 7.89. The smallest absolute Gasteiger partial charge is 0.408 e. The van der Waals surface area contributed by atoms with Crippen LogP contribution < -0.4 is 24.8 Å². The van der Waals surface area contributed by atoms with E-state index in [-0.39, 0.29) is 31.2 Å². The molecule has 0 radical (unpaired) electrons. The summed E-state index contributed by atoms with van der Waals surface area (Å²) in [7, 11) is -2.34. The Kier molecular flexibility index (Phi) is 11.3. The van der Waals surface area contributed by atoms with Crippen molar-refractivity contribution >= 4 is 44.7 Å². The predicted octanol–water partition coefficient (Wildman–Crippen LogP) is 3.78. The summed E-state index contributed by atoms with van der Waals surface area (Å²) in [5, 5.41) is 6.15.